The number of amides is 1. The van der Waals surface area contributed by atoms with Crippen LogP contribution in [-0.2, 0) is 4.74 Å². The lowest BCUT2D eigenvalue weighted by molar-refractivity contribution is 0.0934. The topological polar surface area (TPSA) is 64.3 Å². The van der Waals surface area contributed by atoms with Gasteiger partial charge in [-0.25, -0.2) is 0 Å². The number of nitrogens with two attached hydrogens (primary N) is 1. The van der Waals surface area contributed by atoms with Gasteiger partial charge in [0.2, 0.25) is 0 Å². The van der Waals surface area contributed by atoms with Gasteiger partial charge in [-0.2, -0.15) is 0 Å². The zero-order valence-corrected chi connectivity index (χ0v) is 12.8. The number of rotatable bonds is 5. The van der Waals surface area contributed by atoms with Crippen LogP contribution in [0.3, 0.4) is 0 Å². The lowest BCUT2D eigenvalue weighted by atomic mass is 10.1. The average molecular weight is 292 g/mol. The fourth-order valence-electron chi connectivity index (χ4n) is 2.05. The molecule has 1 unspecified atom stereocenters. The third kappa shape index (κ3) is 3.11. The first-order valence-electron chi connectivity index (χ1n) is 6.61. The molecule has 108 valence electrons. The first kappa shape index (κ1) is 14.8. The number of nitrogen functional groups attached to an aromatic ring is 1. The second-order valence-electron chi connectivity index (χ2n) is 5.00. The van der Waals surface area contributed by atoms with E-state index in [1.54, 1.807) is 7.11 Å². The van der Waals surface area contributed by atoms with Gasteiger partial charge in [-0.1, -0.05) is 12.1 Å². The summed E-state index contributed by atoms with van der Waals surface area (Å²) in [6, 6.07) is 6.10. The molecule has 0 fully saturated rings. The molecule has 3 N–H and O–H groups in total. The molecule has 0 bridgehead atoms. The SMILES string of the molecule is COCCC(C)NC(=O)c1sc2cc(C)ccc2c1N. The Kier molecular flexibility index (Phi) is 4.62. The Labute approximate surface area is 122 Å². The molecule has 4 nitrogen and oxygen atoms in total. The van der Waals surface area contributed by atoms with E-state index < -0.39 is 0 Å². The zero-order chi connectivity index (χ0) is 14.7. The summed E-state index contributed by atoms with van der Waals surface area (Å²) in [6.07, 6.45) is 0.784. The molecule has 0 aliphatic carbocycles. The van der Waals surface area contributed by atoms with Crippen LogP contribution in [0.4, 0.5) is 5.69 Å². The summed E-state index contributed by atoms with van der Waals surface area (Å²) in [7, 11) is 1.65. The van der Waals surface area contributed by atoms with E-state index in [0.717, 1.165) is 16.5 Å². The number of nitrogens with one attached hydrogen (secondary N) is 1. The third-order valence-corrected chi connectivity index (χ3v) is 4.39. The van der Waals surface area contributed by atoms with Crippen molar-refractivity contribution in [1.29, 1.82) is 0 Å². The van der Waals surface area contributed by atoms with Crippen LogP contribution in [-0.4, -0.2) is 25.7 Å². The molecule has 5 heteroatoms. The van der Waals surface area contributed by atoms with Gasteiger partial charge in [-0.15, -0.1) is 11.3 Å². The molecule has 1 amide bonds. The second kappa shape index (κ2) is 6.24. The largest absolute Gasteiger partial charge is 0.397 e. The summed E-state index contributed by atoms with van der Waals surface area (Å²) < 4.78 is 6.06. The number of thiophene rings is 1. The number of carbonyl (C=O) groups is 1. The van der Waals surface area contributed by atoms with Gasteiger partial charge in [0.1, 0.15) is 4.88 Å². The fraction of sp³-hybridized carbons (Fsp3) is 0.400. The summed E-state index contributed by atoms with van der Waals surface area (Å²) >= 11 is 1.44. The van der Waals surface area contributed by atoms with Gasteiger partial charge in [0.15, 0.2) is 0 Å². The lowest BCUT2D eigenvalue weighted by Gasteiger charge is -2.12. The molecule has 1 aromatic carbocycles. The number of anilines is 1. The van der Waals surface area contributed by atoms with Gasteiger partial charge in [-0.3, -0.25) is 4.79 Å². The highest BCUT2D eigenvalue weighted by atomic mass is 32.1. The molecule has 0 saturated carbocycles. The normalized spacial score (nSPS) is 12.6. The minimum Gasteiger partial charge on any atom is -0.397 e. The predicted molar refractivity (Wildman–Crippen MR) is 84.4 cm³/mol. The van der Waals surface area contributed by atoms with Crippen molar-refractivity contribution in [3.05, 3.63) is 28.6 Å². The van der Waals surface area contributed by atoms with Crippen molar-refractivity contribution in [3.63, 3.8) is 0 Å². The summed E-state index contributed by atoms with van der Waals surface area (Å²) in [5.74, 6) is -0.107. The van der Waals surface area contributed by atoms with E-state index in [2.05, 4.69) is 11.4 Å². The van der Waals surface area contributed by atoms with E-state index in [1.165, 1.54) is 16.9 Å². The van der Waals surface area contributed by atoms with Gasteiger partial charge in [0.25, 0.3) is 5.91 Å². The minimum atomic E-state index is -0.107. The molecule has 1 atom stereocenters. The van der Waals surface area contributed by atoms with E-state index in [0.29, 0.717) is 17.2 Å². The van der Waals surface area contributed by atoms with Crippen molar-refractivity contribution < 1.29 is 9.53 Å². The number of aryl methyl sites for hydroxylation is 1. The molecule has 0 aliphatic rings. The van der Waals surface area contributed by atoms with Crippen LogP contribution in [0.25, 0.3) is 10.1 Å². The molecular weight excluding hydrogens is 272 g/mol. The summed E-state index contributed by atoms with van der Waals surface area (Å²) in [6.45, 7) is 4.62. The maximum Gasteiger partial charge on any atom is 0.263 e. The van der Waals surface area contributed by atoms with E-state index >= 15 is 0 Å². The molecule has 2 rings (SSSR count). The highest BCUT2D eigenvalue weighted by Gasteiger charge is 2.17. The van der Waals surface area contributed by atoms with Crippen molar-refractivity contribution in [3.8, 4) is 0 Å². The van der Waals surface area contributed by atoms with Crippen LogP contribution < -0.4 is 11.1 Å². The monoisotopic (exact) mass is 292 g/mol. The molecule has 20 heavy (non-hydrogen) atoms. The number of carbonyl (C=O) groups excluding carboxylic acids is 1. The van der Waals surface area contributed by atoms with Gasteiger partial charge < -0.3 is 15.8 Å². The molecule has 1 heterocycles. The number of ether oxygens (including phenoxy) is 1. The Morgan fingerprint density at radius 2 is 2.25 bits per heavy atom. The smallest absolute Gasteiger partial charge is 0.263 e. The molecule has 0 radical (unpaired) electrons. The number of hydrogen-bond donors (Lipinski definition) is 2. The molecular formula is C15H20N2O2S. The Balaban J connectivity index is 2.20. The van der Waals surface area contributed by atoms with E-state index in [9.17, 15) is 4.79 Å². The minimum absolute atomic E-state index is 0.0637. The lowest BCUT2D eigenvalue weighted by Crippen LogP contribution is -2.33. The summed E-state index contributed by atoms with van der Waals surface area (Å²) in [5.41, 5.74) is 7.83. The average Bonchev–Trinajstić information content (AvgIpc) is 2.73. The molecule has 0 saturated heterocycles. The van der Waals surface area contributed by atoms with Gasteiger partial charge in [-0.05, 0) is 31.9 Å². The van der Waals surface area contributed by atoms with E-state index in [4.69, 9.17) is 10.5 Å². The molecule has 1 aromatic heterocycles. The quantitative estimate of drug-likeness (QED) is 0.890. The maximum atomic E-state index is 12.3. The van der Waals surface area contributed by atoms with Crippen LogP contribution in [0.2, 0.25) is 0 Å². The number of hydrogen-bond acceptors (Lipinski definition) is 4. The first-order valence-corrected chi connectivity index (χ1v) is 7.43. The van der Waals surface area contributed by atoms with Crippen LogP contribution in [0.5, 0.6) is 0 Å². The van der Waals surface area contributed by atoms with Gasteiger partial charge in [0, 0.05) is 29.8 Å². The summed E-state index contributed by atoms with van der Waals surface area (Å²) in [5, 5.41) is 3.91. The standard InChI is InChI=1S/C15H20N2O2S/c1-9-4-5-11-12(8-9)20-14(13(11)16)15(18)17-10(2)6-7-19-3/h4-5,8,10H,6-7,16H2,1-3H3,(H,17,18). The van der Waals surface area contributed by atoms with Gasteiger partial charge >= 0.3 is 0 Å². The van der Waals surface area contributed by atoms with Crippen molar-refractivity contribution in [2.75, 3.05) is 19.5 Å². The maximum absolute atomic E-state index is 12.3. The molecule has 2 aromatic rings. The Bertz CT molecular complexity index is 622. The van der Waals surface area contributed by atoms with Crippen LogP contribution >= 0.6 is 11.3 Å². The van der Waals surface area contributed by atoms with E-state index in [1.807, 2.05) is 26.0 Å². The third-order valence-electron chi connectivity index (χ3n) is 3.22. The summed E-state index contributed by atoms with van der Waals surface area (Å²) in [4.78, 5) is 12.9. The molecule has 0 spiro atoms. The van der Waals surface area contributed by atoms with Crippen LogP contribution in [0.1, 0.15) is 28.6 Å². The predicted octanol–water partition coefficient (Wildman–Crippen LogP) is 2.95. The van der Waals surface area contributed by atoms with Crippen LogP contribution in [0, 0.1) is 6.92 Å². The zero-order valence-electron chi connectivity index (χ0n) is 12.0. The van der Waals surface area contributed by atoms with Crippen molar-refractivity contribution in [2.24, 2.45) is 0 Å². The highest BCUT2D eigenvalue weighted by molar-refractivity contribution is 7.21. The van der Waals surface area contributed by atoms with Crippen molar-refractivity contribution >= 4 is 33.0 Å². The van der Waals surface area contributed by atoms with Gasteiger partial charge in [0.05, 0.1) is 5.69 Å². The Morgan fingerprint density at radius 1 is 1.50 bits per heavy atom. The van der Waals surface area contributed by atoms with Crippen molar-refractivity contribution in [2.45, 2.75) is 26.3 Å². The first-order chi connectivity index (χ1) is 9.52. The Morgan fingerprint density at radius 3 is 2.95 bits per heavy atom. The number of benzene rings is 1. The van der Waals surface area contributed by atoms with Crippen molar-refractivity contribution in [1.82, 2.24) is 5.32 Å². The number of methoxy groups -OCH3 is 1. The highest BCUT2D eigenvalue weighted by Crippen LogP contribution is 2.34. The fourth-order valence-corrected chi connectivity index (χ4v) is 3.17. The van der Waals surface area contributed by atoms with E-state index in [-0.39, 0.29) is 11.9 Å². The molecule has 0 aliphatic heterocycles. The second-order valence-corrected chi connectivity index (χ2v) is 6.05. The van der Waals surface area contributed by atoms with Crippen LogP contribution in [0.15, 0.2) is 18.2 Å². The Hall–Kier alpha value is -1.59. The number of fused-ring (bicyclic) bond motifs is 1.